The van der Waals surface area contributed by atoms with Gasteiger partial charge in [-0.2, -0.15) is 0 Å². The van der Waals surface area contributed by atoms with Crippen LogP contribution in [0.2, 0.25) is 0 Å². The van der Waals surface area contributed by atoms with Gasteiger partial charge in [0.1, 0.15) is 0 Å². The van der Waals surface area contributed by atoms with Gasteiger partial charge in [-0.1, -0.05) is 44.2 Å². The Morgan fingerprint density at radius 3 is 2.31 bits per heavy atom. The summed E-state index contributed by atoms with van der Waals surface area (Å²) in [7, 11) is 0. The molecule has 0 heterocycles. The van der Waals surface area contributed by atoms with Crippen LogP contribution in [0.25, 0.3) is 0 Å². The highest BCUT2D eigenvalue weighted by atomic mass is 16.1. The van der Waals surface area contributed by atoms with E-state index in [4.69, 9.17) is 0 Å². The lowest BCUT2D eigenvalue weighted by Gasteiger charge is -2.27. The van der Waals surface area contributed by atoms with Gasteiger partial charge in [-0.25, -0.2) is 0 Å². The molecule has 1 aromatic carbocycles. The van der Waals surface area contributed by atoms with E-state index in [0.29, 0.717) is 12.3 Å². The van der Waals surface area contributed by atoms with Crippen LogP contribution in [0.5, 0.6) is 0 Å². The van der Waals surface area contributed by atoms with Gasteiger partial charge >= 0.3 is 0 Å². The van der Waals surface area contributed by atoms with Crippen molar-refractivity contribution in [2.75, 3.05) is 0 Å². The fourth-order valence-electron chi connectivity index (χ4n) is 1.70. The molecule has 0 unspecified atom stereocenters. The van der Waals surface area contributed by atoms with Crippen LogP contribution in [0.3, 0.4) is 0 Å². The van der Waals surface area contributed by atoms with Crippen LogP contribution >= 0.6 is 0 Å². The zero-order chi connectivity index (χ0) is 12.2. The second-order valence-corrected chi connectivity index (χ2v) is 5.14. The molecule has 1 aromatic rings. The van der Waals surface area contributed by atoms with Crippen molar-refractivity contribution < 1.29 is 4.79 Å². The van der Waals surface area contributed by atoms with Crippen molar-refractivity contribution in [3.63, 3.8) is 0 Å². The quantitative estimate of drug-likeness (QED) is 0.828. The van der Waals surface area contributed by atoms with Gasteiger partial charge in [-0.15, -0.1) is 0 Å². The number of hydrogen-bond donors (Lipinski definition) is 1. The molecule has 1 rings (SSSR count). The van der Waals surface area contributed by atoms with Crippen LogP contribution in [-0.4, -0.2) is 5.91 Å². The summed E-state index contributed by atoms with van der Waals surface area (Å²) in [6.07, 6.45) is 0.580. The molecule has 0 aromatic heterocycles. The molecule has 16 heavy (non-hydrogen) atoms. The summed E-state index contributed by atoms with van der Waals surface area (Å²) in [5, 5.41) is 3.06. The number of carbonyl (C=O) groups is 1. The minimum Gasteiger partial charge on any atom is -0.347 e. The van der Waals surface area contributed by atoms with E-state index in [1.165, 1.54) is 0 Å². The molecular weight excluding hydrogens is 198 g/mol. The van der Waals surface area contributed by atoms with Crippen LogP contribution in [0.15, 0.2) is 30.3 Å². The number of benzene rings is 1. The highest BCUT2D eigenvalue weighted by Gasteiger charge is 2.22. The molecular formula is C14H21NO. The summed E-state index contributed by atoms with van der Waals surface area (Å²) in [5.74, 6) is 0.510. The van der Waals surface area contributed by atoms with E-state index >= 15 is 0 Å². The zero-order valence-electron chi connectivity index (χ0n) is 10.6. The molecule has 2 nitrogen and oxygen atoms in total. The molecule has 88 valence electrons. The molecule has 1 N–H and O–H groups in total. The second-order valence-electron chi connectivity index (χ2n) is 5.14. The number of carbonyl (C=O) groups excluding carboxylic acids is 1. The lowest BCUT2D eigenvalue weighted by molar-refractivity contribution is -0.123. The summed E-state index contributed by atoms with van der Waals surface area (Å²) in [6, 6.07) is 10.0. The molecule has 0 saturated carbocycles. The molecule has 0 aliphatic heterocycles. The van der Waals surface area contributed by atoms with E-state index in [1.807, 2.05) is 44.2 Å². The van der Waals surface area contributed by atoms with Crippen LogP contribution in [0, 0.1) is 5.92 Å². The highest BCUT2D eigenvalue weighted by molar-refractivity contribution is 5.77. The van der Waals surface area contributed by atoms with Gasteiger partial charge in [-0.3, -0.25) is 4.79 Å². The molecule has 1 amide bonds. The van der Waals surface area contributed by atoms with E-state index < -0.39 is 0 Å². The van der Waals surface area contributed by atoms with Crippen molar-refractivity contribution in [3.05, 3.63) is 35.9 Å². The fraction of sp³-hybridized carbons (Fsp3) is 0.500. The number of hydrogen-bond acceptors (Lipinski definition) is 1. The van der Waals surface area contributed by atoms with Gasteiger partial charge in [0.05, 0.1) is 5.54 Å². The molecule has 0 spiro atoms. The van der Waals surface area contributed by atoms with Gasteiger partial charge in [0, 0.05) is 6.42 Å². The lowest BCUT2D eigenvalue weighted by atomic mass is 9.94. The number of amides is 1. The molecule has 0 aliphatic rings. The molecule has 0 saturated heterocycles. The van der Waals surface area contributed by atoms with Crippen LogP contribution in [-0.2, 0) is 10.3 Å². The lowest BCUT2D eigenvalue weighted by Crippen LogP contribution is -2.41. The second kappa shape index (κ2) is 5.15. The first-order chi connectivity index (χ1) is 7.42. The molecule has 0 atom stereocenters. The highest BCUT2D eigenvalue weighted by Crippen LogP contribution is 2.19. The molecule has 0 fully saturated rings. The van der Waals surface area contributed by atoms with Gasteiger partial charge in [-0.05, 0) is 25.3 Å². The largest absolute Gasteiger partial charge is 0.347 e. The molecule has 0 aliphatic carbocycles. The monoisotopic (exact) mass is 219 g/mol. The minimum absolute atomic E-state index is 0.115. The maximum Gasteiger partial charge on any atom is 0.220 e. The Morgan fingerprint density at radius 2 is 1.81 bits per heavy atom. The standard InChI is InChI=1S/C14H21NO/c1-11(2)10-13(16)15-14(3,4)12-8-6-5-7-9-12/h5-9,11H,10H2,1-4H3,(H,15,16). The van der Waals surface area contributed by atoms with Gasteiger partial charge in [0.25, 0.3) is 0 Å². The fourth-order valence-corrected chi connectivity index (χ4v) is 1.70. The first-order valence-electron chi connectivity index (χ1n) is 5.78. The Hall–Kier alpha value is -1.31. The van der Waals surface area contributed by atoms with Gasteiger partial charge < -0.3 is 5.32 Å². The SMILES string of the molecule is CC(C)CC(=O)NC(C)(C)c1ccccc1. The number of nitrogens with one attached hydrogen (secondary N) is 1. The van der Waals surface area contributed by atoms with Crippen molar-refractivity contribution in [2.45, 2.75) is 39.7 Å². The summed E-state index contributed by atoms with van der Waals surface area (Å²) >= 11 is 0. The Bertz CT molecular complexity index is 341. The maximum absolute atomic E-state index is 11.7. The Labute approximate surface area is 98.1 Å². The van der Waals surface area contributed by atoms with Crippen LogP contribution in [0.1, 0.15) is 39.7 Å². The normalized spacial score (nSPS) is 11.6. The van der Waals surface area contributed by atoms with Crippen LogP contribution < -0.4 is 5.32 Å². The van der Waals surface area contributed by atoms with Crippen molar-refractivity contribution in [1.82, 2.24) is 5.32 Å². The smallest absolute Gasteiger partial charge is 0.220 e. The molecule has 0 bridgehead atoms. The predicted molar refractivity (Wildman–Crippen MR) is 67.1 cm³/mol. The minimum atomic E-state index is -0.298. The first kappa shape index (κ1) is 12.8. The average Bonchev–Trinajstić information content (AvgIpc) is 2.16. The summed E-state index contributed by atoms with van der Waals surface area (Å²) in [5.41, 5.74) is 0.833. The third-order valence-corrected chi connectivity index (χ3v) is 2.54. The number of rotatable bonds is 4. The van der Waals surface area contributed by atoms with Crippen molar-refractivity contribution >= 4 is 5.91 Å². The Balaban J connectivity index is 2.69. The molecule has 2 heteroatoms. The van der Waals surface area contributed by atoms with E-state index in [9.17, 15) is 4.79 Å². The van der Waals surface area contributed by atoms with Crippen molar-refractivity contribution in [2.24, 2.45) is 5.92 Å². The third-order valence-electron chi connectivity index (χ3n) is 2.54. The maximum atomic E-state index is 11.7. The third kappa shape index (κ3) is 3.69. The molecule has 0 radical (unpaired) electrons. The van der Waals surface area contributed by atoms with E-state index in [-0.39, 0.29) is 11.4 Å². The van der Waals surface area contributed by atoms with Crippen molar-refractivity contribution in [1.29, 1.82) is 0 Å². The average molecular weight is 219 g/mol. The van der Waals surface area contributed by atoms with Gasteiger partial charge in [0.2, 0.25) is 5.91 Å². The summed E-state index contributed by atoms with van der Waals surface area (Å²) < 4.78 is 0. The van der Waals surface area contributed by atoms with Crippen LogP contribution in [0.4, 0.5) is 0 Å². The topological polar surface area (TPSA) is 29.1 Å². The Kier molecular flexibility index (Phi) is 4.11. The van der Waals surface area contributed by atoms with E-state index in [0.717, 1.165) is 5.56 Å². The zero-order valence-corrected chi connectivity index (χ0v) is 10.6. The van der Waals surface area contributed by atoms with Gasteiger partial charge in [0.15, 0.2) is 0 Å². The van der Waals surface area contributed by atoms with Crippen molar-refractivity contribution in [3.8, 4) is 0 Å². The summed E-state index contributed by atoms with van der Waals surface area (Å²) in [6.45, 7) is 8.16. The first-order valence-corrected chi connectivity index (χ1v) is 5.78. The van der Waals surface area contributed by atoms with E-state index in [1.54, 1.807) is 0 Å². The summed E-state index contributed by atoms with van der Waals surface area (Å²) in [4.78, 5) is 11.7. The Morgan fingerprint density at radius 1 is 1.25 bits per heavy atom. The van der Waals surface area contributed by atoms with E-state index in [2.05, 4.69) is 19.2 Å². The predicted octanol–water partition coefficient (Wildman–Crippen LogP) is 3.08.